The van der Waals surface area contributed by atoms with Crippen molar-refractivity contribution in [2.75, 3.05) is 66.1 Å². The molecule has 0 saturated heterocycles. The summed E-state index contributed by atoms with van der Waals surface area (Å²) in [6, 6.07) is 13.9. The molecule has 4 aromatic rings. The lowest BCUT2D eigenvalue weighted by molar-refractivity contribution is -0.140. The molecular weight excluding hydrogens is 1280 g/mol. The van der Waals surface area contributed by atoms with Crippen LogP contribution in [0.1, 0.15) is 244 Å². The van der Waals surface area contributed by atoms with Crippen molar-refractivity contribution in [3.05, 3.63) is 164 Å². The molecule has 20 nitrogen and oxygen atoms in total. The number of benzene rings is 4. The number of hydrogen-bond acceptors (Lipinski definition) is 20. The average molecular weight is 1380 g/mol. The number of esters is 6. The Balaban J connectivity index is 2.01. The fourth-order valence-corrected chi connectivity index (χ4v) is 11.1. The van der Waals surface area contributed by atoms with Gasteiger partial charge in [0.25, 0.3) is 0 Å². The standard InChI is InChI=1S/C80H100O20/c1-11-17-21-25-67(81)55-41-59-49-60-42-56(68(82)26-22-18-12-2)44-62(76(60)96-36-34-94-74(88)32-30-72(86)92-16-6)51-64-46-58(70(84)28-24-20-14-4)48-66(78(64)98-38-40-100-80(90)54(9)10)52-65-47-57(69(83)27-23-19-13-3)45-63(77(65)97-37-39-99-79(89)53(7)8)50-61(43-55)75(59)95-35-33-93-73(87)31-29-71(85)91-15-5/h29-32,41-48H,7,9,11-28,33-40,49-52H2,1-6,8,10H3/b31-29-,32-30-. The van der Waals surface area contributed by atoms with Crippen LogP contribution < -0.4 is 18.9 Å². The van der Waals surface area contributed by atoms with Gasteiger partial charge in [0.1, 0.15) is 75.9 Å². The van der Waals surface area contributed by atoms with E-state index in [4.69, 9.17) is 47.4 Å². The molecule has 4 aromatic carbocycles. The molecule has 540 valence electrons. The zero-order valence-electron chi connectivity index (χ0n) is 59.7. The third-order valence-corrected chi connectivity index (χ3v) is 16.1. The number of unbranched alkanes of at least 4 members (excludes halogenated alkanes) is 8. The SMILES string of the molecule is C=C(C)C(=O)OCCOc1c2cc(C(=O)CCCCC)cc1Cc1cc(C(=O)CCCCC)cc(c1OCCOC(=O)C(=C)C)Cc1cc(C(=O)CCCCC)cc(c1OCCOC(=O)/C=C\C(=O)OCC)Cc1cc(C(=O)CCCCC)cc(c1OCCOC(=O)/C=C\C(=O)OCC)C2. The Morgan fingerprint density at radius 2 is 0.520 bits per heavy atom. The molecule has 0 saturated carbocycles. The molecule has 0 aliphatic heterocycles. The van der Waals surface area contributed by atoms with Crippen molar-refractivity contribution in [1.29, 1.82) is 0 Å². The lowest BCUT2D eigenvalue weighted by Crippen LogP contribution is -2.17. The van der Waals surface area contributed by atoms with Crippen LogP contribution in [0.2, 0.25) is 0 Å². The van der Waals surface area contributed by atoms with Crippen LogP contribution in [-0.2, 0) is 82.9 Å². The summed E-state index contributed by atoms with van der Waals surface area (Å²) < 4.78 is 59.4. The fraction of sp³-hybridized carbons (Fsp3) is 0.475. The van der Waals surface area contributed by atoms with Gasteiger partial charge in [0.15, 0.2) is 23.1 Å². The lowest BCUT2D eigenvalue weighted by Gasteiger charge is -2.25. The van der Waals surface area contributed by atoms with Gasteiger partial charge in [-0.2, -0.15) is 0 Å². The van der Waals surface area contributed by atoms with Crippen molar-refractivity contribution < 1.29 is 95.3 Å². The minimum atomic E-state index is -0.858. The largest absolute Gasteiger partial charge is 0.489 e. The predicted molar refractivity (Wildman–Crippen MR) is 378 cm³/mol. The maximum absolute atomic E-state index is 14.8. The van der Waals surface area contributed by atoms with Crippen LogP contribution in [0.4, 0.5) is 0 Å². The molecule has 1 aliphatic carbocycles. The van der Waals surface area contributed by atoms with Crippen LogP contribution in [0.25, 0.3) is 0 Å². The molecule has 0 aromatic heterocycles. The third-order valence-electron chi connectivity index (χ3n) is 16.1. The topological polar surface area (TPSA) is 263 Å². The van der Waals surface area contributed by atoms with Crippen LogP contribution in [0.3, 0.4) is 0 Å². The second-order valence-electron chi connectivity index (χ2n) is 24.5. The molecule has 100 heavy (non-hydrogen) atoms. The van der Waals surface area contributed by atoms with Gasteiger partial charge in [0.05, 0.1) is 13.2 Å². The van der Waals surface area contributed by atoms with Gasteiger partial charge in [0, 0.05) is 109 Å². The first kappa shape index (κ1) is 81.2. The first-order valence-corrected chi connectivity index (χ1v) is 35.1. The maximum atomic E-state index is 14.8. The Morgan fingerprint density at radius 1 is 0.310 bits per heavy atom. The summed E-state index contributed by atoms with van der Waals surface area (Å²) in [7, 11) is 0. The number of fused-ring (bicyclic) bond motifs is 8. The van der Waals surface area contributed by atoms with E-state index in [0.717, 1.165) is 75.7 Å². The summed E-state index contributed by atoms with van der Waals surface area (Å²) >= 11 is 0. The fourth-order valence-electron chi connectivity index (χ4n) is 11.1. The quantitative estimate of drug-likeness (QED) is 0.0115. The molecule has 20 heteroatoms. The Labute approximate surface area is 588 Å². The van der Waals surface area contributed by atoms with Gasteiger partial charge in [-0.1, -0.05) is 92.2 Å². The number of Topliss-reactive ketones (excluding diaryl/α,β-unsaturated/α-hetero) is 4. The maximum Gasteiger partial charge on any atom is 0.333 e. The number of carbonyl (C=O) groups excluding carboxylic acids is 10. The average Bonchev–Trinajstić information content (AvgIpc) is 0.772. The zero-order valence-corrected chi connectivity index (χ0v) is 59.7. The molecule has 0 unspecified atom stereocenters. The minimum absolute atomic E-state index is 0.0744. The van der Waals surface area contributed by atoms with Crippen LogP contribution >= 0.6 is 0 Å². The minimum Gasteiger partial charge on any atom is -0.489 e. The summed E-state index contributed by atoms with van der Waals surface area (Å²) in [5.74, 6) is -4.22. The van der Waals surface area contributed by atoms with E-state index in [9.17, 15) is 47.9 Å². The number of ketones is 4. The molecular formula is C80H100O20. The summed E-state index contributed by atoms with van der Waals surface area (Å²) in [6.07, 6.45) is 13.0. The Kier molecular flexibility index (Phi) is 35.6. The first-order valence-electron chi connectivity index (χ1n) is 35.1. The molecule has 5 rings (SSSR count). The monoisotopic (exact) mass is 1380 g/mol. The predicted octanol–water partition coefficient (Wildman–Crippen LogP) is 14.5. The second kappa shape index (κ2) is 43.8. The highest BCUT2D eigenvalue weighted by molar-refractivity contribution is 6.00. The highest BCUT2D eigenvalue weighted by Gasteiger charge is 2.28. The normalized spacial score (nSPS) is 11.7. The van der Waals surface area contributed by atoms with Gasteiger partial charge < -0.3 is 47.4 Å². The second-order valence-corrected chi connectivity index (χ2v) is 24.5. The summed E-state index contributed by atoms with van der Waals surface area (Å²) in [5.41, 5.74) is 5.06. The van der Waals surface area contributed by atoms with E-state index in [1.165, 1.54) is 13.8 Å². The van der Waals surface area contributed by atoms with Crippen LogP contribution in [0.15, 0.2) is 97.1 Å². The number of ether oxygens (including phenoxy) is 10. The molecule has 0 amide bonds. The highest BCUT2D eigenvalue weighted by Crippen LogP contribution is 2.42. The van der Waals surface area contributed by atoms with Crippen LogP contribution in [0.5, 0.6) is 23.0 Å². The number of hydrogen-bond donors (Lipinski definition) is 0. The molecule has 0 atom stereocenters. The van der Waals surface area contributed by atoms with Crippen molar-refractivity contribution in [2.24, 2.45) is 0 Å². The van der Waals surface area contributed by atoms with Gasteiger partial charge in [-0.25, -0.2) is 28.8 Å². The molecule has 8 bridgehead atoms. The van der Waals surface area contributed by atoms with E-state index in [-0.39, 0.29) is 175 Å². The van der Waals surface area contributed by atoms with Gasteiger partial charge >= 0.3 is 35.8 Å². The Morgan fingerprint density at radius 3 is 0.720 bits per heavy atom. The summed E-state index contributed by atoms with van der Waals surface area (Å²) in [6.45, 7) is 20.0. The van der Waals surface area contributed by atoms with Crippen LogP contribution in [0, 0.1) is 0 Å². The number of rotatable bonds is 44. The summed E-state index contributed by atoms with van der Waals surface area (Å²) in [5, 5.41) is 0. The van der Waals surface area contributed by atoms with E-state index in [0.29, 0.717) is 92.4 Å². The zero-order chi connectivity index (χ0) is 72.9. The van der Waals surface area contributed by atoms with Crippen molar-refractivity contribution in [2.45, 2.75) is 184 Å². The smallest absolute Gasteiger partial charge is 0.333 e. The van der Waals surface area contributed by atoms with Gasteiger partial charge in [-0.3, -0.25) is 19.2 Å². The molecule has 0 radical (unpaired) electrons. The molecule has 1 aliphatic rings. The van der Waals surface area contributed by atoms with Crippen molar-refractivity contribution in [3.8, 4) is 23.0 Å². The molecule has 0 N–H and O–H groups in total. The number of carbonyl (C=O) groups is 10. The molecule has 0 heterocycles. The van der Waals surface area contributed by atoms with Crippen molar-refractivity contribution >= 4 is 58.9 Å². The van der Waals surface area contributed by atoms with Gasteiger partial charge in [-0.15, -0.1) is 0 Å². The Bertz CT molecular complexity index is 3370. The van der Waals surface area contributed by atoms with Crippen LogP contribution in [-0.4, -0.2) is 125 Å². The van der Waals surface area contributed by atoms with E-state index < -0.39 is 35.8 Å². The first-order chi connectivity index (χ1) is 48.1. The van der Waals surface area contributed by atoms with E-state index in [1.54, 1.807) is 62.4 Å². The Hall–Kier alpha value is -9.46. The highest BCUT2D eigenvalue weighted by atomic mass is 16.6. The van der Waals surface area contributed by atoms with Gasteiger partial charge in [-0.05, 0) is 146 Å². The van der Waals surface area contributed by atoms with Crippen molar-refractivity contribution in [3.63, 3.8) is 0 Å². The van der Waals surface area contributed by atoms with E-state index >= 15 is 0 Å². The molecule has 0 fully saturated rings. The van der Waals surface area contributed by atoms with E-state index in [1.807, 2.05) is 27.7 Å². The molecule has 0 spiro atoms. The lowest BCUT2D eigenvalue weighted by atomic mass is 9.86. The van der Waals surface area contributed by atoms with E-state index in [2.05, 4.69) is 13.2 Å². The van der Waals surface area contributed by atoms with Gasteiger partial charge in [0.2, 0.25) is 0 Å². The van der Waals surface area contributed by atoms with Crippen molar-refractivity contribution in [1.82, 2.24) is 0 Å². The third kappa shape index (κ3) is 27.0. The summed E-state index contributed by atoms with van der Waals surface area (Å²) in [4.78, 5) is 135.